The molecule has 28 heavy (non-hydrogen) atoms. The zero-order valence-corrected chi connectivity index (χ0v) is 15.9. The van der Waals surface area contributed by atoms with Gasteiger partial charge in [-0.3, -0.25) is 9.78 Å². The number of pyridine rings is 1. The zero-order chi connectivity index (χ0) is 19.9. The number of methoxy groups -OCH3 is 3. The Hall–Kier alpha value is -3.74. The van der Waals surface area contributed by atoms with Gasteiger partial charge in [0.1, 0.15) is 11.4 Å². The van der Waals surface area contributed by atoms with Crippen molar-refractivity contribution in [1.82, 2.24) is 4.98 Å². The fourth-order valence-electron chi connectivity index (χ4n) is 2.65. The summed E-state index contributed by atoms with van der Waals surface area (Å²) < 4.78 is 15.8. The number of aromatic nitrogens is 1. The van der Waals surface area contributed by atoms with E-state index in [1.54, 1.807) is 57.9 Å². The van der Waals surface area contributed by atoms with E-state index in [1.807, 2.05) is 24.3 Å². The number of anilines is 3. The molecule has 0 bridgehead atoms. The number of hydrogen-bond acceptors (Lipinski definition) is 6. The Morgan fingerprint density at radius 2 is 1.54 bits per heavy atom. The maximum Gasteiger partial charge on any atom is 0.274 e. The van der Waals surface area contributed by atoms with E-state index < -0.39 is 0 Å². The van der Waals surface area contributed by atoms with Crippen LogP contribution in [0.3, 0.4) is 0 Å². The molecular weight excluding hydrogens is 358 g/mol. The van der Waals surface area contributed by atoms with E-state index in [0.29, 0.717) is 28.6 Å². The standard InChI is InChI=1S/C21H21N3O4/c1-26-18-7-5-4-6-16(18)24-21(25)17-12-15(10-11-22-17)23-14-8-9-19(27-2)20(13-14)28-3/h4-13H,1-3H3,(H,22,23)(H,24,25). The maximum absolute atomic E-state index is 12.6. The summed E-state index contributed by atoms with van der Waals surface area (Å²) in [5.74, 6) is 1.49. The SMILES string of the molecule is COc1ccccc1NC(=O)c1cc(Nc2ccc(OC)c(OC)c2)ccn1. The van der Waals surface area contributed by atoms with Crippen molar-refractivity contribution >= 4 is 23.0 Å². The van der Waals surface area contributed by atoms with Gasteiger partial charge < -0.3 is 24.8 Å². The van der Waals surface area contributed by atoms with E-state index in [0.717, 1.165) is 5.69 Å². The number of hydrogen-bond donors (Lipinski definition) is 2. The number of carbonyl (C=O) groups excluding carboxylic acids is 1. The number of ether oxygens (including phenoxy) is 3. The van der Waals surface area contributed by atoms with Crippen LogP contribution in [0, 0.1) is 0 Å². The summed E-state index contributed by atoms with van der Waals surface area (Å²) in [7, 11) is 4.71. The number of nitrogens with one attached hydrogen (secondary N) is 2. The van der Waals surface area contributed by atoms with Gasteiger partial charge in [0.05, 0.1) is 27.0 Å². The lowest BCUT2D eigenvalue weighted by Crippen LogP contribution is -2.14. The lowest BCUT2D eigenvalue weighted by atomic mass is 10.2. The van der Waals surface area contributed by atoms with Gasteiger partial charge in [0.25, 0.3) is 5.91 Å². The minimum absolute atomic E-state index is 0.274. The molecule has 1 amide bonds. The molecule has 1 heterocycles. The second-order valence-electron chi connectivity index (χ2n) is 5.78. The summed E-state index contributed by atoms with van der Waals surface area (Å²) in [5.41, 5.74) is 2.36. The van der Waals surface area contributed by atoms with E-state index in [2.05, 4.69) is 15.6 Å². The number of carbonyl (C=O) groups is 1. The molecule has 2 aromatic carbocycles. The van der Waals surface area contributed by atoms with E-state index in [1.165, 1.54) is 0 Å². The van der Waals surface area contributed by atoms with Crippen LogP contribution in [0.2, 0.25) is 0 Å². The summed E-state index contributed by atoms with van der Waals surface area (Å²) in [6.45, 7) is 0. The van der Waals surface area contributed by atoms with Crippen LogP contribution >= 0.6 is 0 Å². The first kappa shape index (κ1) is 19.0. The molecule has 0 unspecified atom stereocenters. The van der Waals surface area contributed by atoms with E-state index >= 15 is 0 Å². The second kappa shape index (κ2) is 8.77. The highest BCUT2D eigenvalue weighted by atomic mass is 16.5. The first-order valence-corrected chi connectivity index (χ1v) is 8.54. The number of nitrogens with zero attached hydrogens (tertiary/aromatic N) is 1. The van der Waals surface area contributed by atoms with Gasteiger partial charge in [-0.1, -0.05) is 12.1 Å². The minimum Gasteiger partial charge on any atom is -0.495 e. The van der Waals surface area contributed by atoms with Crippen molar-refractivity contribution in [2.45, 2.75) is 0 Å². The zero-order valence-electron chi connectivity index (χ0n) is 15.9. The number of para-hydroxylation sites is 2. The van der Waals surface area contributed by atoms with Crippen LogP contribution < -0.4 is 24.8 Å². The molecule has 2 N–H and O–H groups in total. The lowest BCUT2D eigenvalue weighted by Gasteiger charge is -2.12. The van der Waals surface area contributed by atoms with Gasteiger partial charge in [-0.25, -0.2) is 0 Å². The van der Waals surface area contributed by atoms with Gasteiger partial charge in [-0.2, -0.15) is 0 Å². The van der Waals surface area contributed by atoms with Crippen molar-refractivity contribution in [2.24, 2.45) is 0 Å². The Kier molecular flexibility index (Phi) is 5.96. The van der Waals surface area contributed by atoms with Crippen molar-refractivity contribution in [2.75, 3.05) is 32.0 Å². The van der Waals surface area contributed by atoms with Crippen LogP contribution in [-0.2, 0) is 0 Å². The summed E-state index contributed by atoms with van der Waals surface area (Å²) in [6.07, 6.45) is 1.57. The van der Waals surface area contributed by atoms with Gasteiger partial charge in [0.2, 0.25) is 0 Å². The van der Waals surface area contributed by atoms with Crippen LogP contribution in [0.4, 0.5) is 17.1 Å². The summed E-state index contributed by atoms with van der Waals surface area (Å²) in [6, 6.07) is 16.1. The van der Waals surface area contributed by atoms with Gasteiger partial charge in [0.15, 0.2) is 11.5 Å². The first-order chi connectivity index (χ1) is 13.6. The predicted octanol–water partition coefficient (Wildman–Crippen LogP) is 4.10. The average Bonchev–Trinajstić information content (AvgIpc) is 2.74. The molecule has 0 fully saturated rings. The molecule has 0 saturated carbocycles. The molecule has 7 nitrogen and oxygen atoms in total. The van der Waals surface area contributed by atoms with Crippen LogP contribution in [0.25, 0.3) is 0 Å². The number of amides is 1. The Balaban J connectivity index is 1.77. The average molecular weight is 379 g/mol. The third-order valence-electron chi connectivity index (χ3n) is 4.02. The van der Waals surface area contributed by atoms with Crippen LogP contribution in [-0.4, -0.2) is 32.2 Å². The Morgan fingerprint density at radius 3 is 2.29 bits per heavy atom. The third-order valence-corrected chi connectivity index (χ3v) is 4.02. The quantitative estimate of drug-likeness (QED) is 0.643. The normalized spacial score (nSPS) is 10.1. The molecule has 0 aliphatic carbocycles. The molecule has 0 spiro atoms. The summed E-state index contributed by atoms with van der Waals surface area (Å²) in [4.78, 5) is 16.7. The topological polar surface area (TPSA) is 81.7 Å². The fourth-order valence-corrected chi connectivity index (χ4v) is 2.65. The van der Waals surface area contributed by atoms with Crippen molar-refractivity contribution < 1.29 is 19.0 Å². The second-order valence-corrected chi connectivity index (χ2v) is 5.78. The van der Waals surface area contributed by atoms with Gasteiger partial charge in [0, 0.05) is 23.6 Å². The van der Waals surface area contributed by atoms with Gasteiger partial charge in [-0.15, -0.1) is 0 Å². The minimum atomic E-state index is -0.333. The molecule has 0 atom stereocenters. The van der Waals surface area contributed by atoms with Crippen molar-refractivity contribution in [3.63, 3.8) is 0 Å². The van der Waals surface area contributed by atoms with E-state index in [4.69, 9.17) is 14.2 Å². The molecule has 3 rings (SSSR count). The summed E-state index contributed by atoms with van der Waals surface area (Å²) >= 11 is 0. The monoisotopic (exact) mass is 379 g/mol. The highest BCUT2D eigenvalue weighted by Crippen LogP contribution is 2.31. The molecule has 1 aromatic heterocycles. The Bertz CT molecular complexity index is 975. The van der Waals surface area contributed by atoms with Crippen molar-refractivity contribution in [1.29, 1.82) is 0 Å². The fraction of sp³-hybridized carbons (Fsp3) is 0.143. The van der Waals surface area contributed by atoms with Gasteiger partial charge in [-0.05, 0) is 36.4 Å². The molecular formula is C21H21N3O4. The molecule has 0 aliphatic rings. The first-order valence-electron chi connectivity index (χ1n) is 8.54. The van der Waals surface area contributed by atoms with Crippen molar-refractivity contribution in [3.8, 4) is 17.2 Å². The lowest BCUT2D eigenvalue weighted by molar-refractivity contribution is 0.102. The highest BCUT2D eigenvalue weighted by molar-refractivity contribution is 6.04. The van der Waals surface area contributed by atoms with E-state index in [9.17, 15) is 4.79 Å². The molecule has 7 heteroatoms. The van der Waals surface area contributed by atoms with E-state index in [-0.39, 0.29) is 11.6 Å². The largest absolute Gasteiger partial charge is 0.495 e. The maximum atomic E-state index is 12.6. The van der Waals surface area contributed by atoms with Gasteiger partial charge >= 0.3 is 0 Å². The third kappa shape index (κ3) is 4.32. The van der Waals surface area contributed by atoms with Crippen LogP contribution in [0.1, 0.15) is 10.5 Å². The van der Waals surface area contributed by atoms with Crippen LogP contribution in [0.5, 0.6) is 17.2 Å². The van der Waals surface area contributed by atoms with Crippen molar-refractivity contribution in [3.05, 3.63) is 66.5 Å². The predicted molar refractivity (Wildman–Crippen MR) is 108 cm³/mol. The smallest absolute Gasteiger partial charge is 0.274 e. The highest BCUT2D eigenvalue weighted by Gasteiger charge is 2.12. The molecule has 0 aliphatic heterocycles. The van der Waals surface area contributed by atoms with Crippen LogP contribution in [0.15, 0.2) is 60.8 Å². The molecule has 3 aromatic rings. The molecule has 0 saturated heterocycles. The number of rotatable bonds is 7. The molecule has 0 radical (unpaired) electrons. The molecule has 144 valence electrons. The number of benzene rings is 2. The summed E-state index contributed by atoms with van der Waals surface area (Å²) in [5, 5.41) is 6.04. The Morgan fingerprint density at radius 1 is 0.821 bits per heavy atom. The Labute approximate surface area is 163 Å².